The van der Waals surface area contributed by atoms with Crippen molar-refractivity contribution in [1.82, 2.24) is 20.2 Å². The van der Waals surface area contributed by atoms with Crippen LogP contribution in [0.1, 0.15) is 24.2 Å². The number of carbonyl (C=O) groups excluding carboxylic acids is 1. The van der Waals surface area contributed by atoms with Crippen molar-refractivity contribution in [3.8, 4) is 0 Å². The predicted octanol–water partition coefficient (Wildman–Crippen LogP) is -3.30. The maximum Gasteiger partial charge on any atom is 1.00 e. The Morgan fingerprint density at radius 1 is 1.33 bits per heavy atom. The molecule has 0 amide bonds. The smallest absolute Gasteiger partial charge is 0.550 e. The molecule has 1 aromatic carbocycles. The minimum absolute atomic E-state index is 0. The summed E-state index contributed by atoms with van der Waals surface area (Å²) in [7, 11) is 1.64. The number of rotatable bonds is 8. The van der Waals surface area contributed by atoms with Gasteiger partial charge in [-0.1, -0.05) is 24.3 Å². The molecule has 0 saturated heterocycles. The Bertz CT molecular complexity index is 808. The second kappa shape index (κ2) is 11.1. The number of aliphatic hydroxyl groups is 2. The molecule has 2 unspecified atom stereocenters. The van der Waals surface area contributed by atoms with Gasteiger partial charge < -0.3 is 20.1 Å². The number of nitrogens with zero attached hydrogens (tertiary/aromatic N) is 4. The molecule has 2 atom stereocenters. The summed E-state index contributed by atoms with van der Waals surface area (Å²) in [5.74, 6) is -1.35. The summed E-state index contributed by atoms with van der Waals surface area (Å²) in [4.78, 5) is 10.4. The van der Waals surface area contributed by atoms with E-state index in [-0.39, 0.29) is 41.8 Å². The molecule has 2 N–H and O–H groups in total. The summed E-state index contributed by atoms with van der Waals surface area (Å²) < 4.78 is 14.5. The van der Waals surface area contributed by atoms with Crippen LogP contribution in [0, 0.1) is 5.82 Å². The number of carboxylic acid groups (broad SMARTS) is 1. The number of aliphatic carboxylic acids is 1. The molecule has 0 saturated carbocycles. The van der Waals surface area contributed by atoms with E-state index in [1.54, 1.807) is 31.3 Å². The Hall–Kier alpha value is -1.91. The average Bonchev–Trinajstić information content (AvgIpc) is 2.98. The third-order valence-electron chi connectivity index (χ3n) is 3.48. The summed E-state index contributed by atoms with van der Waals surface area (Å²) in [6, 6.07) is 5.78. The van der Waals surface area contributed by atoms with Crippen LogP contribution in [-0.4, -0.2) is 48.6 Å². The van der Waals surface area contributed by atoms with E-state index in [1.807, 2.05) is 0 Å². The summed E-state index contributed by atoms with van der Waals surface area (Å²) in [5.41, 5.74) is 1.23. The van der Waals surface area contributed by atoms with Gasteiger partial charge in [0.2, 0.25) is 0 Å². The maximum atomic E-state index is 13.1. The second-order valence-electron chi connectivity index (χ2n) is 5.67. The van der Waals surface area contributed by atoms with Crippen LogP contribution in [-0.2, 0) is 11.8 Å². The minimum Gasteiger partial charge on any atom is -0.550 e. The monoisotopic (exact) mass is 384 g/mol. The molecule has 8 nitrogen and oxygen atoms in total. The summed E-state index contributed by atoms with van der Waals surface area (Å²) in [6.45, 7) is 0. The van der Waals surface area contributed by atoms with Crippen LogP contribution in [0.15, 0.2) is 36.4 Å². The standard InChI is InChI=1S/C17H19FN4O4.Na/c1-22-17(19-20-21-22)12(8-11-2-5-13(18)6-3-11)4-7-14(23)9-15(24)10-16(25)26;/h2-8,14-15,23-24H,9-10H2,1H3,(H,25,26);/q;+1/p-1/b7-4+,12-8+;. The third-order valence-corrected chi connectivity index (χ3v) is 3.48. The fourth-order valence-electron chi connectivity index (χ4n) is 2.25. The van der Waals surface area contributed by atoms with Gasteiger partial charge in [-0.15, -0.1) is 5.10 Å². The number of halogens is 1. The maximum absolute atomic E-state index is 13.1. The molecular formula is C17H18FN4NaO4. The van der Waals surface area contributed by atoms with Crippen molar-refractivity contribution < 1.29 is 54.1 Å². The van der Waals surface area contributed by atoms with Crippen LogP contribution in [0.5, 0.6) is 0 Å². The topological polar surface area (TPSA) is 124 Å². The number of benzene rings is 1. The number of hydrogen-bond acceptors (Lipinski definition) is 7. The minimum atomic E-state index is -1.39. The molecule has 1 aromatic heterocycles. The SMILES string of the molecule is Cn1nnnc1C(/C=C/C(O)CC(O)CC(=O)[O-])=C/c1ccc(F)cc1.[Na+]. The molecule has 0 bridgehead atoms. The van der Waals surface area contributed by atoms with Gasteiger partial charge in [0.25, 0.3) is 0 Å². The molecule has 1 heterocycles. The second-order valence-corrected chi connectivity index (χ2v) is 5.67. The molecule has 10 heteroatoms. The van der Waals surface area contributed by atoms with Crippen molar-refractivity contribution in [3.63, 3.8) is 0 Å². The van der Waals surface area contributed by atoms with E-state index in [4.69, 9.17) is 0 Å². The van der Waals surface area contributed by atoms with Gasteiger partial charge in [-0.3, -0.25) is 0 Å². The first-order valence-electron chi connectivity index (χ1n) is 7.79. The van der Waals surface area contributed by atoms with Gasteiger partial charge in [-0.2, -0.15) is 0 Å². The number of aliphatic hydroxyl groups excluding tert-OH is 2. The van der Waals surface area contributed by atoms with Gasteiger partial charge in [0.1, 0.15) is 5.82 Å². The van der Waals surface area contributed by atoms with Crippen LogP contribution >= 0.6 is 0 Å². The van der Waals surface area contributed by atoms with E-state index in [9.17, 15) is 24.5 Å². The van der Waals surface area contributed by atoms with Gasteiger partial charge in [0, 0.05) is 31.4 Å². The van der Waals surface area contributed by atoms with Gasteiger partial charge in [0.05, 0.1) is 12.2 Å². The average molecular weight is 384 g/mol. The Balaban J connectivity index is 0.00000364. The quantitative estimate of drug-likeness (QED) is 0.361. The van der Waals surface area contributed by atoms with E-state index in [0.717, 1.165) is 0 Å². The van der Waals surface area contributed by atoms with Crippen molar-refractivity contribution in [3.05, 3.63) is 53.6 Å². The Kier molecular flexibility index (Phi) is 9.47. The molecule has 2 aromatic rings. The Morgan fingerprint density at radius 2 is 2.00 bits per heavy atom. The van der Waals surface area contributed by atoms with Crippen LogP contribution in [0.4, 0.5) is 4.39 Å². The van der Waals surface area contributed by atoms with Crippen LogP contribution in [0.3, 0.4) is 0 Å². The summed E-state index contributed by atoms with van der Waals surface area (Å²) in [6.07, 6.45) is 1.62. The number of carbonyl (C=O) groups is 1. The molecule has 0 fully saturated rings. The fraction of sp³-hybridized carbons (Fsp3) is 0.294. The predicted molar refractivity (Wildman–Crippen MR) is 88.5 cm³/mol. The van der Waals surface area contributed by atoms with Crippen LogP contribution in [0.25, 0.3) is 11.6 Å². The molecule has 27 heavy (non-hydrogen) atoms. The normalized spacial score (nSPS) is 14.0. The van der Waals surface area contributed by atoms with Gasteiger partial charge in [0.15, 0.2) is 5.82 Å². The van der Waals surface area contributed by atoms with E-state index in [2.05, 4.69) is 15.5 Å². The zero-order valence-electron chi connectivity index (χ0n) is 15.0. The molecule has 0 aliphatic heterocycles. The van der Waals surface area contributed by atoms with E-state index in [1.165, 1.54) is 22.9 Å². The van der Waals surface area contributed by atoms with Gasteiger partial charge in [-0.05, 0) is 34.2 Å². The fourth-order valence-corrected chi connectivity index (χ4v) is 2.25. The number of aryl methyl sites for hydroxylation is 1. The summed E-state index contributed by atoms with van der Waals surface area (Å²) >= 11 is 0. The van der Waals surface area contributed by atoms with Crippen molar-refractivity contribution in [1.29, 1.82) is 0 Å². The number of hydrogen-bond donors (Lipinski definition) is 2. The number of allylic oxidation sites excluding steroid dienone is 2. The van der Waals surface area contributed by atoms with Crippen molar-refractivity contribution in [2.45, 2.75) is 25.0 Å². The van der Waals surface area contributed by atoms with E-state index >= 15 is 0 Å². The first-order chi connectivity index (χ1) is 12.3. The van der Waals surface area contributed by atoms with Crippen molar-refractivity contribution >= 4 is 17.6 Å². The molecule has 0 aliphatic carbocycles. The number of tetrazole rings is 1. The zero-order chi connectivity index (χ0) is 19.1. The summed E-state index contributed by atoms with van der Waals surface area (Å²) in [5, 5.41) is 41.2. The van der Waals surface area contributed by atoms with Crippen LogP contribution < -0.4 is 34.7 Å². The molecule has 0 radical (unpaired) electrons. The van der Waals surface area contributed by atoms with Gasteiger partial charge >= 0.3 is 29.6 Å². The first kappa shape index (κ1) is 23.1. The van der Waals surface area contributed by atoms with Crippen molar-refractivity contribution in [2.24, 2.45) is 7.05 Å². The Morgan fingerprint density at radius 3 is 2.56 bits per heavy atom. The first-order valence-corrected chi connectivity index (χ1v) is 7.79. The van der Waals surface area contributed by atoms with Crippen molar-refractivity contribution in [2.75, 3.05) is 0 Å². The third kappa shape index (κ3) is 7.69. The van der Waals surface area contributed by atoms with Crippen LogP contribution in [0.2, 0.25) is 0 Å². The number of carboxylic acids is 1. The molecule has 0 aliphatic rings. The van der Waals surface area contributed by atoms with E-state index < -0.39 is 24.6 Å². The molecule has 138 valence electrons. The largest absolute Gasteiger partial charge is 1.00 e. The Labute approximate surface area is 177 Å². The number of aromatic nitrogens is 4. The molecule has 2 rings (SSSR count). The molecule has 0 spiro atoms. The zero-order valence-corrected chi connectivity index (χ0v) is 17.0. The van der Waals surface area contributed by atoms with E-state index in [0.29, 0.717) is 17.0 Å². The molecular weight excluding hydrogens is 366 g/mol. The van der Waals surface area contributed by atoms with Gasteiger partial charge in [-0.25, -0.2) is 9.07 Å².